The summed E-state index contributed by atoms with van der Waals surface area (Å²) in [5, 5.41) is 20.0. The predicted octanol–water partition coefficient (Wildman–Crippen LogP) is 3.11. The van der Waals surface area contributed by atoms with Crippen LogP contribution in [0.2, 0.25) is 0 Å². The van der Waals surface area contributed by atoms with Gasteiger partial charge in [0.2, 0.25) is 0 Å². The average molecular weight is 291 g/mol. The second-order valence-corrected chi connectivity index (χ2v) is 4.14. The van der Waals surface area contributed by atoms with Gasteiger partial charge in [0.15, 0.2) is 0 Å². The van der Waals surface area contributed by atoms with Crippen LogP contribution in [0, 0.1) is 15.9 Å². The van der Waals surface area contributed by atoms with Gasteiger partial charge in [0.1, 0.15) is 11.6 Å². The average Bonchev–Trinajstić information content (AvgIpc) is 2.46. The number of nitro groups is 1. The number of nitro benzene ring substituents is 1. The van der Waals surface area contributed by atoms with E-state index in [0.29, 0.717) is 0 Å². The monoisotopic (exact) mass is 291 g/mol. The Labute approximate surface area is 118 Å². The maximum absolute atomic E-state index is 13.4. The number of nitrogens with zero attached hydrogens (tertiary/aromatic N) is 1. The molecule has 0 aliphatic heterocycles. The SMILES string of the molecule is COc1ccc(F)cc1-c1cc([N+](=O)[O-])ccc1C(=O)O. The van der Waals surface area contributed by atoms with Crippen molar-refractivity contribution in [3.8, 4) is 16.9 Å². The van der Waals surface area contributed by atoms with Crippen molar-refractivity contribution >= 4 is 11.7 Å². The lowest BCUT2D eigenvalue weighted by atomic mass is 9.98. The van der Waals surface area contributed by atoms with Crippen molar-refractivity contribution in [2.45, 2.75) is 0 Å². The standard InChI is InChI=1S/C14H10FNO5/c1-21-13-5-2-8(15)6-12(13)11-7-9(16(19)20)3-4-10(11)14(17)18/h2-7H,1H3,(H,17,18). The van der Waals surface area contributed by atoms with Gasteiger partial charge in [-0.15, -0.1) is 0 Å². The van der Waals surface area contributed by atoms with Crippen LogP contribution in [0.25, 0.3) is 11.1 Å². The van der Waals surface area contributed by atoms with Gasteiger partial charge in [-0.2, -0.15) is 0 Å². The summed E-state index contributed by atoms with van der Waals surface area (Å²) < 4.78 is 18.5. The molecule has 0 amide bonds. The molecule has 7 heteroatoms. The largest absolute Gasteiger partial charge is 0.496 e. The summed E-state index contributed by atoms with van der Waals surface area (Å²) in [5.41, 5.74) is -0.308. The number of aromatic carboxylic acids is 1. The predicted molar refractivity (Wildman–Crippen MR) is 72.0 cm³/mol. The van der Waals surface area contributed by atoms with Crippen LogP contribution in [0.1, 0.15) is 10.4 Å². The molecule has 0 unspecified atom stereocenters. The minimum atomic E-state index is -1.27. The summed E-state index contributed by atoms with van der Waals surface area (Å²) >= 11 is 0. The van der Waals surface area contributed by atoms with E-state index in [4.69, 9.17) is 4.74 Å². The van der Waals surface area contributed by atoms with E-state index in [1.807, 2.05) is 0 Å². The van der Waals surface area contributed by atoms with Gasteiger partial charge in [-0.3, -0.25) is 10.1 Å². The van der Waals surface area contributed by atoms with Crippen LogP contribution in [0.5, 0.6) is 5.75 Å². The van der Waals surface area contributed by atoms with E-state index >= 15 is 0 Å². The lowest BCUT2D eigenvalue weighted by Crippen LogP contribution is -2.02. The fraction of sp³-hybridized carbons (Fsp3) is 0.0714. The third-order valence-electron chi connectivity index (χ3n) is 2.90. The Morgan fingerprint density at radius 1 is 1.24 bits per heavy atom. The van der Waals surface area contributed by atoms with Crippen molar-refractivity contribution in [2.75, 3.05) is 7.11 Å². The van der Waals surface area contributed by atoms with Gasteiger partial charge in [0.05, 0.1) is 17.6 Å². The van der Waals surface area contributed by atoms with E-state index in [1.54, 1.807) is 0 Å². The van der Waals surface area contributed by atoms with Crippen molar-refractivity contribution in [1.29, 1.82) is 0 Å². The van der Waals surface area contributed by atoms with Crippen LogP contribution >= 0.6 is 0 Å². The fourth-order valence-corrected chi connectivity index (χ4v) is 1.95. The molecule has 0 heterocycles. The van der Waals surface area contributed by atoms with Crippen molar-refractivity contribution in [3.63, 3.8) is 0 Å². The number of hydrogen-bond donors (Lipinski definition) is 1. The number of rotatable bonds is 4. The molecule has 2 aromatic rings. The van der Waals surface area contributed by atoms with E-state index in [0.717, 1.165) is 30.3 Å². The van der Waals surface area contributed by atoms with E-state index in [1.165, 1.54) is 13.2 Å². The number of carbonyl (C=O) groups is 1. The Morgan fingerprint density at radius 2 is 1.95 bits per heavy atom. The second kappa shape index (κ2) is 5.58. The molecule has 0 spiro atoms. The highest BCUT2D eigenvalue weighted by atomic mass is 19.1. The molecule has 0 aromatic heterocycles. The summed E-state index contributed by atoms with van der Waals surface area (Å²) in [7, 11) is 1.34. The lowest BCUT2D eigenvalue weighted by Gasteiger charge is -2.11. The van der Waals surface area contributed by atoms with Gasteiger partial charge in [-0.25, -0.2) is 9.18 Å². The van der Waals surface area contributed by atoms with E-state index in [-0.39, 0.29) is 28.1 Å². The number of carboxylic acids is 1. The Kier molecular flexibility index (Phi) is 3.84. The normalized spacial score (nSPS) is 10.2. The number of methoxy groups -OCH3 is 1. The smallest absolute Gasteiger partial charge is 0.336 e. The van der Waals surface area contributed by atoms with Crippen LogP contribution in [-0.2, 0) is 0 Å². The van der Waals surface area contributed by atoms with Crippen LogP contribution in [-0.4, -0.2) is 23.1 Å². The summed E-state index contributed by atoms with van der Waals surface area (Å²) in [6.45, 7) is 0. The summed E-state index contributed by atoms with van der Waals surface area (Å²) in [4.78, 5) is 21.4. The molecule has 0 aliphatic rings. The highest BCUT2D eigenvalue weighted by molar-refractivity contribution is 5.97. The number of benzene rings is 2. The third kappa shape index (κ3) is 2.81. The number of halogens is 1. The molecule has 0 atom stereocenters. The molecule has 0 fully saturated rings. The molecule has 2 rings (SSSR count). The lowest BCUT2D eigenvalue weighted by molar-refractivity contribution is -0.384. The van der Waals surface area contributed by atoms with Crippen molar-refractivity contribution < 1.29 is 24.0 Å². The molecule has 21 heavy (non-hydrogen) atoms. The van der Waals surface area contributed by atoms with E-state index in [9.17, 15) is 24.4 Å². The first kappa shape index (κ1) is 14.4. The van der Waals surface area contributed by atoms with Gasteiger partial charge in [0, 0.05) is 23.3 Å². The zero-order valence-corrected chi connectivity index (χ0v) is 10.9. The van der Waals surface area contributed by atoms with Crippen molar-refractivity contribution in [3.05, 3.63) is 57.9 Å². The third-order valence-corrected chi connectivity index (χ3v) is 2.90. The Hall–Kier alpha value is -2.96. The molecule has 1 N–H and O–H groups in total. The van der Waals surface area contributed by atoms with Crippen LogP contribution in [0.4, 0.5) is 10.1 Å². The highest BCUT2D eigenvalue weighted by Crippen LogP contribution is 2.35. The van der Waals surface area contributed by atoms with Crippen LogP contribution in [0.3, 0.4) is 0 Å². The maximum atomic E-state index is 13.4. The molecular formula is C14H10FNO5. The first-order valence-electron chi connectivity index (χ1n) is 5.79. The fourth-order valence-electron chi connectivity index (χ4n) is 1.95. The summed E-state index contributed by atoms with van der Waals surface area (Å²) in [5.74, 6) is -1.65. The Bertz CT molecular complexity index is 729. The summed E-state index contributed by atoms with van der Waals surface area (Å²) in [6.07, 6.45) is 0. The molecule has 0 bridgehead atoms. The van der Waals surface area contributed by atoms with E-state index in [2.05, 4.69) is 0 Å². The number of ether oxygens (including phenoxy) is 1. The van der Waals surface area contributed by atoms with Gasteiger partial charge < -0.3 is 9.84 Å². The molecule has 108 valence electrons. The minimum absolute atomic E-state index is 0.0213. The molecule has 0 saturated carbocycles. The quantitative estimate of drug-likeness (QED) is 0.690. The Morgan fingerprint density at radius 3 is 2.52 bits per heavy atom. The zero-order valence-electron chi connectivity index (χ0n) is 10.9. The Balaban J connectivity index is 2.76. The van der Waals surface area contributed by atoms with Gasteiger partial charge in [-0.05, 0) is 24.3 Å². The van der Waals surface area contributed by atoms with Gasteiger partial charge in [-0.1, -0.05) is 0 Å². The molecule has 0 radical (unpaired) electrons. The van der Waals surface area contributed by atoms with E-state index < -0.39 is 16.7 Å². The zero-order chi connectivity index (χ0) is 15.6. The number of non-ortho nitro benzene ring substituents is 1. The maximum Gasteiger partial charge on any atom is 0.336 e. The number of carboxylic acid groups (broad SMARTS) is 1. The first-order chi connectivity index (χ1) is 9.93. The second-order valence-electron chi connectivity index (χ2n) is 4.14. The molecule has 2 aromatic carbocycles. The van der Waals surface area contributed by atoms with Crippen molar-refractivity contribution in [1.82, 2.24) is 0 Å². The van der Waals surface area contributed by atoms with Gasteiger partial charge >= 0.3 is 5.97 Å². The van der Waals surface area contributed by atoms with Crippen LogP contribution in [0.15, 0.2) is 36.4 Å². The summed E-state index contributed by atoms with van der Waals surface area (Å²) in [6, 6.07) is 6.83. The highest BCUT2D eigenvalue weighted by Gasteiger charge is 2.19. The van der Waals surface area contributed by atoms with Crippen molar-refractivity contribution in [2.24, 2.45) is 0 Å². The molecular weight excluding hydrogens is 281 g/mol. The first-order valence-corrected chi connectivity index (χ1v) is 5.79. The number of hydrogen-bond acceptors (Lipinski definition) is 4. The molecule has 6 nitrogen and oxygen atoms in total. The molecule has 0 saturated heterocycles. The molecule has 0 aliphatic carbocycles. The topological polar surface area (TPSA) is 89.7 Å². The van der Waals surface area contributed by atoms with Crippen LogP contribution < -0.4 is 4.74 Å². The van der Waals surface area contributed by atoms with Gasteiger partial charge in [0.25, 0.3) is 5.69 Å². The minimum Gasteiger partial charge on any atom is -0.496 e.